The Morgan fingerprint density at radius 1 is 1.00 bits per heavy atom. The average molecular weight is 366 g/mol. The van der Waals surface area contributed by atoms with Crippen LogP contribution >= 0.6 is 0 Å². The molecule has 0 bridgehead atoms. The molecule has 7 heteroatoms. The van der Waals surface area contributed by atoms with Gasteiger partial charge in [0.05, 0.1) is 12.8 Å². The summed E-state index contributed by atoms with van der Waals surface area (Å²) in [5, 5.41) is 2.59. The van der Waals surface area contributed by atoms with Gasteiger partial charge in [-0.1, -0.05) is 36.4 Å². The lowest BCUT2D eigenvalue weighted by atomic mass is 9.98. The van der Waals surface area contributed by atoms with Gasteiger partial charge in [0.2, 0.25) is 5.91 Å². The predicted molar refractivity (Wildman–Crippen MR) is 96.8 cm³/mol. The van der Waals surface area contributed by atoms with Gasteiger partial charge in [0.25, 0.3) is 11.8 Å². The second-order valence-electron chi connectivity index (χ2n) is 6.01. The fourth-order valence-corrected chi connectivity index (χ4v) is 2.77. The lowest BCUT2D eigenvalue weighted by Crippen LogP contribution is -2.43. The molecular weight excluding hydrogens is 348 g/mol. The SMILES string of the molecule is O=C(COC(=O)CCN1C(=O)Cc2ccccc2C1=O)Nc1ccccc1. The van der Waals surface area contributed by atoms with Crippen LogP contribution < -0.4 is 5.32 Å². The number of rotatable bonds is 6. The zero-order valence-electron chi connectivity index (χ0n) is 14.5. The van der Waals surface area contributed by atoms with E-state index in [1.165, 1.54) is 0 Å². The molecule has 3 rings (SSSR count). The van der Waals surface area contributed by atoms with E-state index in [1.54, 1.807) is 48.5 Å². The van der Waals surface area contributed by atoms with Crippen LogP contribution in [-0.2, 0) is 25.5 Å². The minimum Gasteiger partial charge on any atom is -0.456 e. The van der Waals surface area contributed by atoms with Crippen molar-refractivity contribution in [2.45, 2.75) is 12.8 Å². The first-order valence-electron chi connectivity index (χ1n) is 8.47. The van der Waals surface area contributed by atoms with Gasteiger partial charge >= 0.3 is 5.97 Å². The van der Waals surface area contributed by atoms with Crippen LogP contribution in [0.3, 0.4) is 0 Å². The van der Waals surface area contributed by atoms with Crippen molar-refractivity contribution in [3.8, 4) is 0 Å². The molecule has 0 atom stereocenters. The first-order chi connectivity index (χ1) is 13.0. The molecule has 138 valence electrons. The van der Waals surface area contributed by atoms with Crippen LogP contribution in [0.2, 0.25) is 0 Å². The van der Waals surface area contributed by atoms with Crippen molar-refractivity contribution in [3.05, 3.63) is 65.7 Å². The molecular formula is C20H18N2O5. The molecule has 3 amide bonds. The van der Waals surface area contributed by atoms with Crippen molar-refractivity contribution in [1.82, 2.24) is 4.90 Å². The van der Waals surface area contributed by atoms with E-state index in [-0.39, 0.29) is 25.3 Å². The summed E-state index contributed by atoms with van der Waals surface area (Å²) < 4.78 is 4.91. The summed E-state index contributed by atoms with van der Waals surface area (Å²) >= 11 is 0. The van der Waals surface area contributed by atoms with Crippen LogP contribution in [-0.4, -0.2) is 41.7 Å². The van der Waals surface area contributed by atoms with E-state index in [2.05, 4.69) is 5.32 Å². The Labute approximate surface area is 155 Å². The number of nitrogens with one attached hydrogen (secondary N) is 1. The Bertz CT molecular complexity index is 879. The smallest absolute Gasteiger partial charge is 0.308 e. The molecule has 0 aromatic heterocycles. The summed E-state index contributed by atoms with van der Waals surface area (Å²) in [5.74, 6) is -1.89. The number of benzene rings is 2. The molecule has 1 aliphatic heterocycles. The van der Waals surface area contributed by atoms with Crippen LogP contribution in [0, 0.1) is 0 Å². The lowest BCUT2D eigenvalue weighted by Gasteiger charge is -2.26. The monoisotopic (exact) mass is 366 g/mol. The number of imide groups is 1. The maximum Gasteiger partial charge on any atom is 0.308 e. The van der Waals surface area contributed by atoms with E-state index in [1.807, 2.05) is 6.07 Å². The largest absolute Gasteiger partial charge is 0.456 e. The summed E-state index contributed by atoms with van der Waals surface area (Å²) in [6.45, 7) is -0.510. The van der Waals surface area contributed by atoms with E-state index >= 15 is 0 Å². The first-order valence-corrected chi connectivity index (χ1v) is 8.47. The highest BCUT2D eigenvalue weighted by Gasteiger charge is 2.30. The summed E-state index contributed by atoms with van der Waals surface area (Å²) in [7, 11) is 0. The van der Waals surface area contributed by atoms with Gasteiger partial charge in [-0.2, -0.15) is 0 Å². The summed E-state index contributed by atoms with van der Waals surface area (Å²) in [4.78, 5) is 49.2. The van der Waals surface area contributed by atoms with Crippen LogP contribution in [0.4, 0.5) is 5.69 Å². The molecule has 0 aliphatic carbocycles. The Hall–Kier alpha value is -3.48. The number of amides is 3. The van der Waals surface area contributed by atoms with Crippen LogP contribution in [0.5, 0.6) is 0 Å². The van der Waals surface area contributed by atoms with E-state index in [4.69, 9.17) is 4.74 Å². The Kier molecular flexibility index (Phi) is 5.61. The van der Waals surface area contributed by atoms with Crippen LogP contribution in [0.15, 0.2) is 54.6 Å². The highest BCUT2D eigenvalue weighted by molar-refractivity contribution is 6.09. The van der Waals surface area contributed by atoms with Gasteiger partial charge < -0.3 is 10.1 Å². The third-order valence-corrected chi connectivity index (χ3v) is 4.10. The molecule has 7 nitrogen and oxygen atoms in total. The van der Waals surface area contributed by atoms with Gasteiger partial charge in [-0.3, -0.25) is 24.1 Å². The van der Waals surface area contributed by atoms with Crippen molar-refractivity contribution in [2.24, 2.45) is 0 Å². The standard InChI is InChI=1S/C20H18N2O5/c23-17(21-15-7-2-1-3-8-15)13-27-19(25)10-11-22-18(24)12-14-6-4-5-9-16(14)20(22)26/h1-9H,10-13H2,(H,21,23). The average Bonchev–Trinajstić information content (AvgIpc) is 2.67. The second-order valence-corrected chi connectivity index (χ2v) is 6.01. The summed E-state index contributed by atoms with van der Waals surface area (Å²) in [6, 6.07) is 15.7. The first kappa shape index (κ1) is 18.3. The number of carbonyl (C=O) groups is 4. The van der Waals surface area contributed by atoms with Gasteiger partial charge in [-0.05, 0) is 23.8 Å². The van der Waals surface area contributed by atoms with Crippen LogP contribution in [0.1, 0.15) is 22.3 Å². The zero-order chi connectivity index (χ0) is 19.2. The number of ether oxygens (including phenoxy) is 1. The Morgan fingerprint density at radius 2 is 1.70 bits per heavy atom. The fraction of sp³-hybridized carbons (Fsp3) is 0.200. The van der Waals surface area contributed by atoms with Crippen LogP contribution in [0.25, 0.3) is 0 Å². The van der Waals surface area contributed by atoms with Crippen molar-refractivity contribution in [3.63, 3.8) is 0 Å². The molecule has 0 unspecified atom stereocenters. The third kappa shape index (κ3) is 4.58. The number of hydrogen-bond acceptors (Lipinski definition) is 5. The van der Waals surface area contributed by atoms with Crippen molar-refractivity contribution >= 4 is 29.4 Å². The maximum atomic E-state index is 12.4. The lowest BCUT2D eigenvalue weighted by molar-refractivity contribution is -0.147. The molecule has 0 radical (unpaired) electrons. The number of para-hydroxylation sites is 1. The van der Waals surface area contributed by atoms with E-state index in [9.17, 15) is 19.2 Å². The van der Waals surface area contributed by atoms with Gasteiger partial charge in [0.15, 0.2) is 6.61 Å². The highest BCUT2D eigenvalue weighted by Crippen LogP contribution is 2.19. The maximum absolute atomic E-state index is 12.4. The van der Waals surface area contributed by atoms with E-state index in [0.29, 0.717) is 16.8 Å². The topological polar surface area (TPSA) is 92.8 Å². The van der Waals surface area contributed by atoms with Gasteiger partial charge in [0.1, 0.15) is 0 Å². The fourth-order valence-electron chi connectivity index (χ4n) is 2.77. The molecule has 2 aromatic carbocycles. The number of esters is 1. The predicted octanol–water partition coefficient (Wildman–Crippen LogP) is 1.78. The summed E-state index contributed by atoms with van der Waals surface area (Å²) in [5.41, 5.74) is 1.75. The second kappa shape index (κ2) is 8.27. The molecule has 0 fully saturated rings. The van der Waals surface area contributed by atoms with Gasteiger partial charge in [-0.15, -0.1) is 0 Å². The quantitative estimate of drug-likeness (QED) is 0.621. The third-order valence-electron chi connectivity index (χ3n) is 4.10. The number of fused-ring (bicyclic) bond motifs is 1. The number of anilines is 1. The molecule has 2 aromatic rings. The molecule has 1 N–H and O–H groups in total. The Morgan fingerprint density at radius 3 is 2.48 bits per heavy atom. The minimum absolute atomic E-state index is 0.0782. The summed E-state index contributed by atoms with van der Waals surface area (Å²) in [6.07, 6.45) is -0.0469. The molecule has 0 saturated carbocycles. The van der Waals surface area contributed by atoms with Crippen molar-refractivity contribution in [2.75, 3.05) is 18.5 Å². The number of carbonyl (C=O) groups excluding carboxylic acids is 4. The zero-order valence-corrected chi connectivity index (χ0v) is 14.5. The molecule has 1 aliphatic rings. The Balaban J connectivity index is 1.47. The van der Waals surface area contributed by atoms with E-state index in [0.717, 1.165) is 4.90 Å². The number of nitrogens with zero attached hydrogens (tertiary/aromatic N) is 1. The van der Waals surface area contributed by atoms with Gasteiger partial charge in [0, 0.05) is 17.8 Å². The molecule has 0 spiro atoms. The normalized spacial score (nSPS) is 13.1. The molecule has 1 heterocycles. The van der Waals surface area contributed by atoms with E-state index < -0.39 is 24.4 Å². The molecule has 27 heavy (non-hydrogen) atoms. The molecule has 0 saturated heterocycles. The van der Waals surface area contributed by atoms with Gasteiger partial charge in [-0.25, -0.2) is 0 Å². The highest BCUT2D eigenvalue weighted by atomic mass is 16.5. The minimum atomic E-state index is -0.655. The van der Waals surface area contributed by atoms with Crippen molar-refractivity contribution in [1.29, 1.82) is 0 Å². The van der Waals surface area contributed by atoms with Crippen molar-refractivity contribution < 1.29 is 23.9 Å². The number of hydrogen-bond donors (Lipinski definition) is 1.